The summed E-state index contributed by atoms with van der Waals surface area (Å²) in [5, 5.41) is 19.5. The number of rotatable bonds is 4. The molecule has 0 bridgehead atoms. The van der Waals surface area contributed by atoms with Crippen molar-refractivity contribution in [3.8, 4) is 22.5 Å². The number of tetrazole rings is 1. The van der Waals surface area contributed by atoms with Gasteiger partial charge in [0, 0.05) is 16.3 Å². The van der Waals surface area contributed by atoms with Crippen LogP contribution in [0.25, 0.3) is 22.5 Å². The minimum atomic E-state index is -4.42. The van der Waals surface area contributed by atoms with Gasteiger partial charge >= 0.3 is 12.2 Å². The highest BCUT2D eigenvalue weighted by Gasteiger charge is 2.30. The van der Waals surface area contributed by atoms with E-state index < -0.39 is 17.8 Å². The number of carbonyl (C=O) groups excluding carboxylic acids is 1. The Morgan fingerprint density at radius 2 is 1.59 bits per heavy atom. The zero-order chi connectivity index (χ0) is 22.7. The van der Waals surface area contributed by atoms with Gasteiger partial charge in [0.2, 0.25) is 0 Å². The van der Waals surface area contributed by atoms with Crippen LogP contribution in [-0.2, 0) is 6.18 Å². The number of urea groups is 1. The molecule has 2 amide bonds. The number of aromatic amines is 1. The fourth-order valence-electron chi connectivity index (χ4n) is 2.97. The van der Waals surface area contributed by atoms with Gasteiger partial charge in [-0.05, 0) is 70.1 Å². The number of aromatic nitrogens is 4. The predicted octanol–water partition coefficient (Wildman–Crippen LogP) is 5.85. The van der Waals surface area contributed by atoms with E-state index >= 15 is 0 Å². The average molecular weight is 459 g/mol. The van der Waals surface area contributed by atoms with Gasteiger partial charge in [-0.15, -0.1) is 5.10 Å². The summed E-state index contributed by atoms with van der Waals surface area (Å²) < 4.78 is 38.5. The van der Waals surface area contributed by atoms with Crippen molar-refractivity contribution in [2.24, 2.45) is 0 Å². The number of anilines is 2. The number of nitrogens with zero attached hydrogens (tertiary/aromatic N) is 3. The number of amides is 2. The van der Waals surface area contributed by atoms with Crippen LogP contribution in [0.15, 0.2) is 66.7 Å². The minimum absolute atomic E-state index is 0.278. The van der Waals surface area contributed by atoms with Crippen LogP contribution in [0.4, 0.5) is 29.3 Å². The van der Waals surface area contributed by atoms with Crippen molar-refractivity contribution >= 4 is 29.0 Å². The van der Waals surface area contributed by atoms with Crippen LogP contribution >= 0.6 is 11.6 Å². The van der Waals surface area contributed by atoms with Crippen LogP contribution in [0.2, 0.25) is 5.02 Å². The minimum Gasteiger partial charge on any atom is -0.308 e. The molecule has 3 aromatic carbocycles. The molecule has 162 valence electrons. The SMILES string of the molecule is O=C(Nc1ccc(Cl)cc1)Nc1ccc(-c2ccc(C(F)(F)F)cc2)cc1-c1nnn[nH]1. The first-order valence-corrected chi connectivity index (χ1v) is 9.57. The van der Waals surface area contributed by atoms with Gasteiger partial charge in [-0.25, -0.2) is 9.89 Å². The molecule has 0 unspecified atom stereocenters. The first-order chi connectivity index (χ1) is 15.3. The van der Waals surface area contributed by atoms with E-state index in [-0.39, 0.29) is 5.82 Å². The molecule has 0 aliphatic carbocycles. The molecular formula is C21H14ClF3N6O. The van der Waals surface area contributed by atoms with Gasteiger partial charge in [0.25, 0.3) is 0 Å². The Kier molecular flexibility index (Phi) is 5.78. The maximum Gasteiger partial charge on any atom is 0.416 e. The van der Waals surface area contributed by atoms with E-state index in [0.29, 0.717) is 33.1 Å². The van der Waals surface area contributed by atoms with E-state index in [1.54, 1.807) is 42.5 Å². The monoisotopic (exact) mass is 458 g/mol. The molecule has 0 radical (unpaired) electrons. The number of benzene rings is 3. The number of nitrogens with one attached hydrogen (secondary N) is 3. The summed E-state index contributed by atoms with van der Waals surface area (Å²) in [5.41, 5.74) is 1.83. The lowest BCUT2D eigenvalue weighted by molar-refractivity contribution is -0.137. The van der Waals surface area contributed by atoms with E-state index in [2.05, 4.69) is 31.3 Å². The van der Waals surface area contributed by atoms with E-state index in [0.717, 1.165) is 12.1 Å². The third-order valence-corrected chi connectivity index (χ3v) is 4.77. The first-order valence-electron chi connectivity index (χ1n) is 9.19. The molecule has 4 aromatic rings. The zero-order valence-electron chi connectivity index (χ0n) is 16.1. The standard InChI is InChI=1S/C21H14ClF3N6O/c22-15-6-8-16(9-7-15)26-20(32)27-18-10-3-13(11-17(18)19-28-30-31-29-19)12-1-4-14(5-2-12)21(23,24)25/h1-11H,(H2,26,27,32)(H,28,29,30,31). The zero-order valence-corrected chi connectivity index (χ0v) is 16.9. The number of hydrogen-bond donors (Lipinski definition) is 3. The summed E-state index contributed by atoms with van der Waals surface area (Å²) in [4.78, 5) is 12.5. The average Bonchev–Trinajstić information content (AvgIpc) is 3.30. The van der Waals surface area contributed by atoms with Crippen molar-refractivity contribution in [3.63, 3.8) is 0 Å². The number of H-pyrrole nitrogens is 1. The van der Waals surface area contributed by atoms with E-state index in [9.17, 15) is 18.0 Å². The molecule has 0 aliphatic rings. The highest BCUT2D eigenvalue weighted by molar-refractivity contribution is 6.30. The van der Waals surface area contributed by atoms with Crippen LogP contribution in [-0.4, -0.2) is 26.7 Å². The van der Waals surface area contributed by atoms with Gasteiger partial charge < -0.3 is 10.6 Å². The lowest BCUT2D eigenvalue weighted by atomic mass is 10.00. The topological polar surface area (TPSA) is 95.6 Å². The van der Waals surface area contributed by atoms with Crippen LogP contribution in [0.5, 0.6) is 0 Å². The summed E-state index contributed by atoms with van der Waals surface area (Å²) in [6.45, 7) is 0. The second-order valence-electron chi connectivity index (χ2n) is 6.67. The second kappa shape index (κ2) is 8.67. The highest BCUT2D eigenvalue weighted by atomic mass is 35.5. The number of hydrogen-bond acceptors (Lipinski definition) is 4. The van der Waals surface area contributed by atoms with Gasteiger partial charge in [0.15, 0.2) is 5.82 Å². The summed E-state index contributed by atoms with van der Waals surface area (Å²) in [6, 6.07) is 15.8. The molecule has 0 atom stereocenters. The van der Waals surface area contributed by atoms with Gasteiger partial charge in [0.05, 0.1) is 11.3 Å². The van der Waals surface area contributed by atoms with Gasteiger partial charge in [-0.3, -0.25) is 0 Å². The summed E-state index contributed by atoms with van der Waals surface area (Å²) in [5.74, 6) is 0.278. The molecule has 1 aromatic heterocycles. The van der Waals surface area contributed by atoms with Crippen molar-refractivity contribution in [1.82, 2.24) is 20.6 Å². The smallest absolute Gasteiger partial charge is 0.308 e. The maximum absolute atomic E-state index is 12.8. The Balaban J connectivity index is 1.62. The summed E-state index contributed by atoms with van der Waals surface area (Å²) >= 11 is 5.85. The van der Waals surface area contributed by atoms with E-state index in [1.807, 2.05) is 0 Å². The first kappa shape index (κ1) is 21.3. The summed E-state index contributed by atoms with van der Waals surface area (Å²) in [6.07, 6.45) is -4.42. The van der Waals surface area contributed by atoms with Crippen molar-refractivity contribution in [1.29, 1.82) is 0 Å². The quantitative estimate of drug-likeness (QED) is 0.357. The molecule has 0 saturated heterocycles. The molecule has 0 fully saturated rings. The molecule has 3 N–H and O–H groups in total. The number of halogens is 4. The van der Waals surface area contributed by atoms with Crippen molar-refractivity contribution in [3.05, 3.63) is 77.3 Å². The Morgan fingerprint density at radius 1 is 0.906 bits per heavy atom. The molecule has 32 heavy (non-hydrogen) atoms. The van der Waals surface area contributed by atoms with Crippen molar-refractivity contribution < 1.29 is 18.0 Å². The molecular weight excluding hydrogens is 445 g/mol. The maximum atomic E-state index is 12.8. The highest BCUT2D eigenvalue weighted by Crippen LogP contribution is 2.34. The van der Waals surface area contributed by atoms with Crippen molar-refractivity contribution in [2.75, 3.05) is 10.6 Å². The third kappa shape index (κ3) is 4.86. The van der Waals surface area contributed by atoms with E-state index in [4.69, 9.17) is 11.6 Å². The molecule has 1 heterocycles. The van der Waals surface area contributed by atoms with Gasteiger partial charge in [0.1, 0.15) is 0 Å². The second-order valence-corrected chi connectivity index (χ2v) is 7.11. The molecule has 0 spiro atoms. The predicted molar refractivity (Wildman–Crippen MR) is 114 cm³/mol. The molecule has 0 saturated carbocycles. The van der Waals surface area contributed by atoms with Crippen LogP contribution in [0.1, 0.15) is 5.56 Å². The van der Waals surface area contributed by atoms with Crippen molar-refractivity contribution in [2.45, 2.75) is 6.18 Å². The Labute approximate surface area is 184 Å². The molecule has 0 aliphatic heterocycles. The summed E-state index contributed by atoms with van der Waals surface area (Å²) in [7, 11) is 0. The van der Waals surface area contributed by atoms with E-state index in [1.165, 1.54) is 12.1 Å². The molecule has 11 heteroatoms. The largest absolute Gasteiger partial charge is 0.416 e. The number of carbonyl (C=O) groups is 1. The lowest BCUT2D eigenvalue weighted by Gasteiger charge is -2.13. The van der Waals surface area contributed by atoms with Crippen LogP contribution < -0.4 is 10.6 Å². The fourth-order valence-corrected chi connectivity index (χ4v) is 3.10. The molecule has 4 rings (SSSR count). The van der Waals surface area contributed by atoms with Crippen LogP contribution in [0, 0.1) is 0 Å². The fraction of sp³-hybridized carbons (Fsp3) is 0.0476. The van der Waals surface area contributed by atoms with Crippen LogP contribution in [0.3, 0.4) is 0 Å². The molecule has 7 nitrogen and oxygen atoms in total. The number of alkyl halides is 3. The third-order valence-electron chi connectivity index (χ3n) is 4.52. The lowest BCUT2D eigenvalue weighted by Crippen LogP contribution is -2.19. The van der Waals surface area contributed by atoms with Gasteiger partial charge in [-0.2, -0.15) is 13.2 Å². The Bertz CT molecular complexity index is 1230. The Hall–Kier alpha value is -3.92. The normalized spacial score (nSPS) is 11.2. The Morgan fingerprint density at radius 3 is 2.22 bits per heavy atom. The van der Waals surface area contributed by atoms with Gasteiger partial charge in [-0.1, -0.05) is 29.8 Å².